The minimum atomic E-state index is -0.961. The van der Waals surface area contributed by atoms with Gasteiger partial charge >= 0.3 is 5.97 Å². The van der Waals surface area contributed by atoms with Crippen molar-refractivity contribution in [3.63, 3.8) is 0 Å². The summed E-state index contributed by atoms with van der Waals surface area (Å²) in [5, 5.41) is 11.6. The third-order valence-corrected chi connectivity index (χ3v) is 6.31. The van der Waals surface area contributed by atoms with E-state index >= 15 is 0 Å². The molecular formula is C19H19FN2O3S. The standard InChI is InChI=1S/C19H19FN2O3S/c20-13-7-3-2-6-12(13)17-21-14(10-26-17)18(23)22-15-8-4-1-5-11(15)9-16(22)19(24)25/h2-3,6-7,10-11,15-16H,1,4-5,8-9H2,(H,24,25). The van der Waals surface area contributed by atoms with Gasteiger partial charge in [0.25, 0.3) is 5.91 Å². The first-order valence-electron chi connectivity index (χ1n) is 8.82. The van der Waals surface area contributed by atoms with Gasteiger partial charge in [0.2, 0.25) is 0 Å². The van der Waals surface area contributed by atoms with Crippen LogP contribution in [0.5, 0.6) is 0 Å². The largest absolute Gasteiger partial charge is 0.480 e. The minimum absolute atomic E-state index is 0.0315. The number of nitrogens with zero attached hydrogens (tertiary/aromatic N) is 2. The van der Waals surface area contributed by atoms with Crippen LogP contribution in [-0.2, 0) is 4.79 Å². The molecule has 2 aliphatic rings. The molecule has 3 unspecified atom stereocenters. The Balaban J connectivity index is 1.64. The summed E-state index contributed by atoms with van der Waals surface area (Å²) in [7, 11) is 0. The maximum absolute atomic E-state index is 14.0. The fraction of sp³-hybridized carbons (Fsp3) is 0.421. The number of benzene rings is 1. The highest BCUT2D eigenvalue weighted by molar-refractivity contribution is 7.13. The van der Waals surface area contributed by atoms with Crippen LogP contribution in [0.3, 0.4) is 0 Å². The van der Waals surface area contributed by atoms with Gasteiger partial charge in [0, 0.05) is 17.0 Å². The van der Waals surface area contributed by atoms with E-state index < -0.39 is 17.8 Å². The molecule has 0 bridgehead atoms. The smallest absolute Gasteiger partial charge is 0.326 e. The van der Waals surface area contributed by atoms with E-state index in [1.54, 1.807) is 23.6 Å². The topological polar surface area (TPSA) is 70.5 Å². The van der Waals surface area contributed by atoms with Crippen LogP contribution in [0.1, 0.15) is 42.6 Å². The lowest BCUT2D eigenvalue weighted by atomic mass is 9.84. The minimum Gasteiger partial charge on any atom is -0.480 e. The second kappa shape index (κ2) is 6.79. The Hall–Kier alpha value is -2.28. The SMILES string of the molecule is O=C(O)C1CC2CCCCC2N1C(=O)c1csc(-c2ccccc2F)n1. The van der Waals surface area contributed by atoms with Crippen molar-refractivity contribution >= 4 is 23.2 Å². The summed E-state index contributed by atoms with van der Waals surface area (Å²) >= 11 is 1.20. The summed E-state index contributed by atoms with van der Waals surface area (Å²) in [5.74, 6) is -1.46. The van der Waals surface area contributed by atoms with Crippen LogP contribution >= 0.6 is 11.3 Å². The number of rotatable bonds is 3. The van der Waals surface area contributed by atoms with Crippen molar-refractivity contribution in [2.45, 2.75) is 44.2 Å². The number of hydrogen-bond acceptors (Lipinski definition) is 4. The van der Waals surface area contributed by atoms with Crippen LogP contribution in [0.2, 0.25) is 0 Å². The van der Waals surface area contributed by atoms with Crippen LogP contribution < -0.4 is 0 Å². The highest BCUT2D eigenvalue weighted by Crippen LogP contribution is 2.40. The number of hydrogen-bond donors (Lipinski definition) is 1. The number of carboxylic acid groups (broad SMARTS) is 1. The third-order valence-electron chi connectivity index (χ3n) is 5.44. The van der Waals surface area contributed by atoms with Crippen molar-refractivity contribution in [3.8, 4) is 10.6 Å². The molecule has 2 fully saturated rings. The molecule has 1 saturated heterocycles. The van der Waals surface area contributed by atoms with Crippen molar-refractivity contribution < 1.29 is 19.1 Å². The number of aliphatic carboxylic acids is 1. The lowest BCUT2D eigenvalue weighted by Crippen LogP contribution is -2.46. The molecule has 1 aliphatic carbocycles. The molecule has 0 radical (unpaired) electrons. The summed E-state index contributed by atoms with van der Waals surface area (Å²) < 4.78 is 14.0. The van der Waals surface area contributed by atoms with E-state index in [1.807, 2.05) is 0 Å². The van der Waals surface area contributed by atoms with Gasteiger partial charge in [0.15, 0.2) is 0 Å². The van der Waals surface area contributed by atoms with Gasteiger partial charge in [-0.1, -0.05) is 25.0 Å². The zero-order chi connectivity index (χ0) is 18.3. The quantitative estimate of drug-likeness (QED) is 0.887. The summed E-state index contributed by atoms with van der Waals surface area (Å²) in [6, 6.07) is 5.46. The van der Waals surface area contributed by atoms with Gasteiger partial charge in [-0.2, -0.15) is 0 Å². The Bertz CT molecular complexity index is 853. The predicted octanol–water partition coefficient (Wildman–Crippen LogP) is 3.81. The number of likely N-dealkylation sites (tertiary alicyclic amines) is 1. The second-order valence-electron chi connectivity index (χ2n) is 6.93. The van der Waals surface area contributed by atoms with E-state index in [2.05, 4.69) is 4.98 Å². The van der Waals surface area contributed by atoms with E-state index in [-0.39, 0.29) is 23.6 Å². The average Bonchev–Trinajstić information content (AvgIpc) is 3.26. The molecule has 7 heteroatoms. The fourth-order valence-electron chi connectivity index (χ4n) is 4.24. The molecular weight excluding hydrogens is 355 g/mol. The van der Waals surface area contributed by atoms with Gasteiger partial charge < -0.3 is 10.0 Å². The number of halogens is 1. The zero-order valence-electron chi connectivity index (χ0n) is 14.1. The molecule has 3 atom stereocenters. The average molecular weight is 374 g/mol. The zero-order valence-corrected chi connectivity index (χ0v) is 14.9. The number of fused-ring (bicyclic) bond motifs is 1. The molecule has 136 valence electrons. The first-order chi connectivity index (χ1) is 12.6. The molecule has 1 amide bonds. The van der Waals surface area contributed by atoms with Crippen molar-refractivity contribution in [1.29, 1.82) is 0 Å². The highest BCUT2D eigenvalue weighted by Gasteiger charge is 2.48. The Labute approximate surface area is 154 Å². The van der Waals surface area contributed by atoms with Crippen LogP contribution in [0.4, 0.5) is 4.39 Å². The van der Waals surface area contributed by atoms with Crippen molar-refractivity contribution in [2.75, 3.05) is 0 Å². The number of carboxylic acids is 1. The summed E-state index contributed by atoms with van der Waals surface area (Å²) in [6.07, 6.45) is 4.41. The maximum Gasteiger partial charge on any atom is 0.326 e. The molecule has 26 heavy (non-hydrogen) atoms. The van der Waals surface area contributed by atoms with Crippen LogP contribution in [-0.4, -0.2) is 39.0 Å². The third kappa shape index (κ3) is 2.90. The Kier molecular flexibility index (Phi) is 4.48. The molecule has 0 spiro atoms. The molecule has 1 N–H and O–H groups in total. The molecule has 2 heterocycles. The van der Waals surface area contributed by atoms with E-state index in [0.717, 1.165) is 25.7 Å². The van der Waals surface area contributed by atoms with Crippen molar-refractivity contribution in [3.05, 3.63) is 41.2 Å². The molecule has 5 nitrogen and oxygen atoms in total. The highest BCUT2D eigenvalue weighted by atomic mass is 32.1. The predicted molar refractivity (Wildman–Crippen MR) is 95.5 cm³/mol. The molecule has 2 aromatic rings. The van der Waals surface area contributed by atoms with Crippen LogP contribution in [0.25, 0.3) is 10.6 Å². The van der Waals surface area contributed by atoms with Crippen molar-refractivity contribution in [2.24, 2.45) is 5.92 Å². The Morgan fingerprint density at radius 2 is 2.00 bits per heavy atom. The molecule has 4 rings (SSSR count). The van der Waals surface area contributed by atoms with Crippen LogP contribution in [0.15, 0.2) is 29.6 Å². The molecule has 1 aliphatic heterocycles. The molecule has 1 aromatic heterocycles. The first kappa shape index (κ1) is 17.1. The summed E-state index contributed by atoms with van der Waals surface area (Å²) in [6.45, 7) is 0. The summed E-state index contributed by atoms with van der Waals surface area (Å²) in [5.41, 5.74) is 0.550. The number of amides is 1. The Morgan fingerprint density at radius 3 is 2.77 bits per heavy atom. The monoisotopic (exact) mass is 374 g/mol. The van der Waals surface area contributed by atoms with E-state index in [4.69, 9.17) is 0 Å². The lowest BCUT2D eigenvalue weighted by molar-refractivity contribution is -0.141. The number of carbonyl (C=O) groups excluding carboxylic acids is 1. The first-order valence-corrected chi connectivity index (χ1v) is 9.70. The van der Waals surface area contributed by atoms with Gasteiger partial charge in [-0.3, -0.25) is 4.79 Å². The maximum atomic E-state index is 14.0. The van der Waals surface area contributed by atoms with Gasteiger partial charge in [-0.25, -0.2) is 14.2 Å². The molecule has 1 aromatic carbocycles. The fourth-order valence-corrected chi connectivity index (χ4v) is 5.06. The number of thiazole rings is 1. The lowest BCUT2D eigenvalue weighted by Gasteiger charge is -2.32. The van der Waals surface area contributed by atoms with Gasteiger partial charge in [-0.15, -0.1) is 11.3 Å². The normalized spacial score (nSPS) is 25.1. The second-order valence-corrected chi connectivity index (χ2v) is 7.79. The van der Waals surface area contributed by atoms with Crippen molar-refractivity contribution in [1.82, 2.24) is 9.88 Å². The van der Waals surface area contributed by atoms with E-state index in [0.29, 0.717) is 17.0 Å². The molecule has 1 saturated carbocycles. The Morgan fingerprint density at radius 1 is 1.23 bits per heavy atom. The van der Waals surface area contributed by atoms with Crippen LogP contribution in [0, 0.1) is 11.7 Å². The van der Waals surface area contributed by atoms with E-state index in [9.17, 15) is 19.1 Å². The van der Waals surface area contributed by atoms with Gasteiger partial charge in [-0.05, 0) is 37.3 Å². The number of aromatic nitrogens is 1. The number of carbonyl (C=O) groups is 2. The van der Waals surface area contributed by atoms with E-state index in [1.165, 1.54) is 22.3 Å². The van der Waals surface area contributed by atoms with Gasteiger partial charge in [0.1, 0.15) is 22.6 Å². The summed E-state index contributed by atoms with van der Waals surface area (Å²) in [4.78, 5) is 30.6. The van der Waals surface area contributed by atoms with Gasteiger partial charge in [0.05, 0.1) is 0 Å².